The molecule has 0 radical (unpaired) electrons. The molecule has 0 aromatic carbocycles. The minimum atomic E-state index is 0. The Morgan fingerprint density at radius 2 is 0.362 bits per heavy atom. The summed E-state index contributed by atoms with van der Waals surface area (Å²) in [5.41, 5.74) is 0. The van der Waals surface area contributed by atoms with E-state index in [0.717, 1.165) is 29.6 Å². The molecule has 0 unspecified atom stereocenters. The smallest absolute Gasteiger partial charge is 0.0386 e. The van der Waals surface area contributed by atoms with Crippen LogP contribution in [0.4, 0.5) is 0 Å². The Morgan fingerprint density at radius 3 is 0.596 bits per heavy atom. The van der Waals surface area contributed by atoms with Crippen LogP contribution in [-0.4, -0.2) is 0 Å². The zero-order chi connectivity index (χ0) is 35.1. The van der Waals surface area contributed by atoms with Crippen molar-refractivity contribution < 1.29 is 0 Å². The van der Waals surface area contributed by atoms with Gasteiger partial charge in [0.2, 0.25) is 0 Å². The normalized spacial score (nSPS) is 24.1. The van der Waals surface area contributed by atoms with Crippen LogP contribution in [0.2, 0.25) is 0 Å². The van der Waals surface area contributed by atoms with Gasteiger partial charge < -0.3 is 0 Å². The number of hydrogen-bond acceptors (Lipinski definition) is 0. The number of rotatable bonds is 1. The molecule has 0 aromatic heterocycles. The Balaban J connectivity index is -0.000000265. The van der Waals surface area contributed by atoms with Gasteiger partial charge in [-0.3, -0.25) is 0 Å². The molecule has 0 saturated heterocycles. The summed E-state index contributed by atoms with van der Waals surface area (Å²) >= 11 is 0. The molecule has 0 nitrogen and oxygen atoms in total. The molecule has 0 spiro atoms. The zero-order valence-electron chi connectivity index (χ0n) is 35.1. The van der Waals surface area contributed by atoms with Crippen LogP contribution in [0.25, 0.3) is 0 Å². The van der Waals surface area contributed by atoms with Crippen LogP contribution >= 0.6 is 0 Å². The highest BCUT2D eigenvalue weighted by atomic mass is 14.3. The molecule has 0 heteroatoms. The minimum absolute atomic E-state index is 0. The molecule has 5 saturated carbocycles. The summed E-state index contributed by atoms with van der Waals surface area (Å²) in [6.07, 6.45) is 45.2. The van der Waals surface area contributed by atoms with Crippen molar-refractivity contribution in [1.82, 2.24) is 0 Å². The van der Waals surface area contributed by atoms with Gasteiger partial charge in [0.1, 0.15) is 0 Å². The Bertz CT molecular complexity index is 436. The van der Waals surface area contributed by atoms with Crippen LogP contribution in [0.3, 0.4) is 0 Å². The van der Waals surface area contributed by atoms with Gasteiger partial charge >= 0.3 is 0 Å². The maximum Gasteiger partial charge on any atom is -0.0386 e. The van der Waals surface area contributed by atoms with E-state index in [1.165, 1.54) is 167 Å². The molecule has 0 N–H and O–H groups in total. The van der Waals surface area contributed by atoms with Crippen molar-refractivity contribution in [2.75, 3.05) is 0 Å². The van der Waals surface area contributed by atoms with Crippen LogP contribution in [0.15, 0.2) is 0 Å². The molecular formula is C47H102. The fourth-order valence-electron chi connectivity index (χ4n) is 7.50. The quantitative estimate of drug-likeness (QED) is 0.261. The molecule has 0 amide bonds. The summed E-state index contributed by atoms with van der Waals surface area (Å²) in [5.74, 6) is 5.24. The van der Waals surface area contributed by atoms with Crippen LogP contribution < -0.4 is 0 Å². The molecule has 5 aliphatic rings. The molecule has 47 heavy (non-hydrogen) atoms. The van der Waals surface area contributed by atoms with E-state index in [1.54, 1.807) is 25.7 Å². The third-order valence-corrected chi connectivity index (χ3v) is 10.5. The fourth-order valence-corrected chi connectivity index (χ4v) is 7.50. The predicted molar refractivity (Wildman–Crippen MR) is 225 cm³/mol. The van der Waals surface area contributed by atoms with E-state index in [0.29, 0.717) is 0 Å². The summed E-state index contributed by atoms with van der Waals surface area (Å²) in [4.78, 5) is 0. The average molecular weight is 667 g/mol. The van der Waals surface area contributed by atoms with Gasteiger partial charge in [0.15, 0.2) is 0 Å². The minimum Gasteiger partial charge on any atom is -0.0776 e. The van der Waals surface area contributed by atoms with Gasteiger partial charge in [0, 0.05) is 0 Å². The second-order valence-corrected chi connectivity index (χ2v) is 14.8. The molecule has 5 aliphatic carbocycles. The van der Waals surface area contributed by atoms with Crippen molar-refractivity contribution in [3.8, 4) is 0 Å². The van der Waals surface area contributed by atoms with Gasteiger partial charge in [0.25, 0.3) is 0 Å². The van der Waals surface area contributed by atoms with Crippen molar-refractivity contribution in [3.63, 3.8) is 0 Å². The molecule has 290 valence electrons. The first kappa shape index (κ1) is 53.8. The topological polar surface area (TPSA) is 0 Å². The molecule has 0 aromatic rings. The molecule has 0 bridgehead atoms. The summed E-state index contributed by atoms with van der Waals surface area (Å²) in [6.45, 7) is 23.2. The fraction of sp³-hybridized carbons (Fsp3) is 1.00. The lowest BCUT2D eigenvalue weighted by molar-refractivity contribution is 0.210. The summed E-state index contributed by atoms with van der Waals surface area (Å²) in [6, 6.07) is 0. The molecule has 0 atom stereocenters. The number of hydrogen-bond donors (Lipinski definition) is 0. The molecule has 5 rings (SSSR count). The van der Waals surface area contributed by atoms with Crippen LogP contribution in [0.5, 0.6) is 0 Å². The van der Waals surface area contributed by atoms with E-state index < -0.39 is 0 Å². The first-order valence-corrected chi connectivity index (χ1v) is 22.6. The van der Waals surface area contributed by atoms with Gasteiger partial charge in [-0.15, -0.1) is 0 Å². The summed E-state index contributed by atoms with van der Waals surface area (Å²) < 4.78 is 0. The van der Waals surface area contributed by atoms with Crippen molar-refractivity contribution in [2.24, 2.45) is 29.6 Å². The summed E-state index contributed by atoms with van der Waals surface area (Å²) in [7, 11) is 0. The standard InChI is InChI=1S/C17H32.2C9H18.C3H6.4C2H6.CH4/c1-15-9-7-13-17(14-8-10-15)16-11-5-3-2-4-6-12-16;2*1-9-7-5-3-2-4-6-8-9;1-2-3-1;4*1-2;/h15-17H,2-14H2,1H3;2*9H,2-8H2,1H3;1-3H2;4*1-2H3;1H4. The van der Waals surface area contributed by atoms with E-state index in [1.807, 2.05) is 55.4 Å². The second-order valence-electron chi connectivity index (χ2n) is 14.8. The van der Waals surface area contributed by atoms with Crippen LogP contribution in [-0.2, 0) is 0 Å². The first-order valence-electron chi connectivity index (χ1n) is 22.6. The van der Waals surface area contributed by atoms with Crippen LogP contribution in [0, 0.1) is 29.6 Å². The first-order chi connectivity index (χ1) is 22.6. The van der Waals surface area contributed by atoms with Gasteiger partial charge in [-0.1, -0.05) is 276 Å². The lowest BCUT2D eigenvalue weighted by Crippen LogP contribution is -2.18. The van der Waals surface area contributed by atoms with Crippen molar-refractivity contribution in [3.05, 3.63) is 0 Å². The highest BCUT2D eigenvalue weighted by Crippen LogP contribution is 2.36. The Labute approximate surface area is 305 Å². The van der Waals surface area contributed by atoms with E-state index in [-0.39, 0.29) is 7.43 Å². The van der Waals surface area contributed by atoms with Crippen molar-refractivity contribution in [2.45, 2.75) is 276 Å². The van der Waals surface area contributed by atoms with Crippen molar-refractivity contribution >= 4 is 0 Å². The van der Waals surface area contributed by atoms with Gasteiger partial charge in [-0.2, -0.15) is 0 Å². The zero-order valence-corrected chi connectivity index (χ0v) is 35.1. The molecule has 0 aliphatic heterocycles. The Kier molecular flexibility index (Phi) is 52.6. The largest absolute Gasteiger partial charge is 0.0776 e. The second kappa shape index (κ2) is 46.0. The van der Waals surface area contributed by atoms with E-state index in [2.05, 4.69) is 20.8 Å². The van der Waals surface area contributed by atoms with Crippen LogP contribution in [0.1, 0.15) is 276 Å². The molecular weight excluding hydrogens is 565 g/mol. The lowest BCUT2D eigenvalue weighted by atomic mass is 9.75. The predicted octanol–water partition coefficient (Wildman–Crippen LogP) is 18.6. The van der Waals surface area contributed by atoms with E-state index in [4.69, 9.17) is 0 Å². The third kappa shape index (κ3) is 40.3. The maximum absolute atomic E-state index is 2.45. The molecule has 0 heterocycles. The average Bonchev–Trinajstić information content (AvgIpc) is 3.94. The Hall–Kier alpha value is 0. The Morgan fingerprint density at radius 1 is 0.213 bits per heavy atom. The van der Waals surface area contributed by atoms with Gasteiger partial charge in [-0.05, 0) is 29.6 Å². The highest BCUT2D eigenvalue weighted by Gasteiger charge is 2.23. The van der Waals surface area contributed by atoms with E-state index in [9.17, 15) is 0 Å². The third-order valence-electron chi connectivity index (χ3n) is 10.5. The van der Waals surface area contributed by atoms with Gasteiger partial charge in [-0.25, -0.2) is 0 Å². The SMILES string of the molecule is C.C1CC1.CC.CC.CC.CC.CC1CCCC(C2CCCCCCC2)CCC1.CC1CCCCCCC1.CC1CCCCCCC1. The van der Waals surface area contributed by atoms with Gasteiger partial charge in [0.05, 0.1) is 0 Å². The lowest BCUT2D eigenvalue weighted by Gasteiger charge is -2.31. The monoisotopic (exact) mass is 667 g/mol. The molecule has 5 fully saturated rings. The maximum atomic E-state index is 2.45. The van der Waals surface area contributed by atoms with E-state index >= 15 is 0 Å². The highest BCUT2D eigenvalue weighted by molar-refractivity contribution is 4.75. The van der Waals surface area contributed by atoms with Crippen molar-refractivity contribution in [1.29, 1.82) is 0 Å². The summed E-state index contributed by atoms with van der Waals surface area (Å²) in [5, 5.41) is 0.